The summed E-state index contributed by atoms with van der Waals surface area (Å²) >= 11 is 0. The Morgan fingerprint density at radius 2 is 1.46 bits per heavy atom. The van der Waals surface area contributed by atoms with Crippen molar-refractivity contribution in [2.45, 2.75) is 32.2 Å². The topological polar surface area (TPSA) is 93.8 Å². The molecule has 4 rings (SSSR count). The van der Waals surface area contributed by atoms with Crippen molar-refractivity contribution in [1.82, 2.24) is 5.32 Å². The van der Waals surface area contributed by atoms with E-state index in [2.05, 4.69) is 20.9 Å². The lowest BCUT2D eigenvalue weighted by molar-refractivity contribution is -0.122. The molecule has 8 nitrogen and oxygen atoms in total. The number of carbonyl (C=O) groups is 3. The molecule has 0 bridgehead atoms. The number of carbonyl (C=O) groups excluding carboxylic acids is 3. The molecule has 0 saturated carbocycles. The van der Waals surface area contributed by atoms with Crippen LogP contribution in [0.15, 0.2) is 84.9 Å². The van der Waals surface area contributed by atoms with Crippen LogP contribution in [0.5, 0.6) is 0 Å². The summed E-state index contributed by atoms with van der Waals surface area (Å²) in [4.78, 5) is 42.6. The van der Waals surface area contributed by atoms with Crippen molar-refractivity contribution in [2.24, 2.45) is 0 Å². The van der Waals surface area contributed by atoms with Crippen LogP contribution in [0.3, 0.4) is 0 Å². The van der Waals surface area contributed by atoms with Crippen molar-refractivity contribution in [2.75, 3.05) is 40.1 Å². The summed E-state index contributed by atoms with van der Waals surface area (Å²) in [6.45, 7) is 3.41. The Morgan fingerprint density at radius 3 is 2.16 bits per heavy atom. The molecule has 1 saturated heterocycles. The van der Waals surface area contributed by atoms with Crippen molar-refractivity contribution in [1.29, 1.82) is 0 Å². The highest BCUT2D eigenvalue weighted by atomic mass is 16.2. The van der Waals surface area contributed by atoms with Crippen LogP contribution in [0.1, 0.15) is 26.2 Å². The van der Waals surface area contributed by atoms with Gasteiger partial charge in [0, 0.05) is 35.8 Å². The Bertz CT molecular complexity index is 1200. The number of anilines is 4. The van der Waals surface area contributed by atoms with E-state index in [9.17, 15) is 14.4 Å². The number of amides is 4. The van der Waals surface area contributed by atoms with Gasteiger partial charge in [-0.25, -0.2) is 4.79 Å². The molecule has 3 aromatic carbocycles. The minimum atomic E-state index is -0.804. The van der Waals surface area contributed by atoms with E-state index in [0.29, 0.717) is 17.1 Å². The van der Waals surface area contributed by atoms with E-state index < -0.39 is 18.0 Å². The number of para-hydroxylation sites is 2. The first-order valence-corrected chi connectivity index (χ1v) is 12.6. The number of rotatable bonds is 8. The smallest absolute Gasteiger partial charge is 0.319 e. The third-order valence-electron chi connectivity index (χ3n) is 6.34. The maximum Gasteiger partial charge on any atom is 0.319 e. The molecule has 4 amide bonds. The molecule has 1 aliphatic heterocycles. The van der Waals surface area contributed by atoms with Gasteiger partial charge in [-0.3, -0.25) is 14.5 Å². The maximum absolute atomic E-state index is 13.3. The number of hydrogen-bond donors (Lipinski definition) is 3. The molecule has 1 unspecified atom stereocenters. The molecule has 192 valence electrons. The molecule has 1 aliphatic rings. The first-order valence-electron chi connectivity index (χ1n) is 12.6. The van der Waals surface area contributed by atoms with E-state index in [-0.39, 0.29) is 12.5 Å². The zero-order chi connectivity index (χ0) is 26.0. The number of benzene rings is 3. The summed E-state index contributed by atoms with van der Waals surface area (Å²) in [6.07, 6.45) is 3.58. The van der Waals surface area contributed by atoms with Crippen LogP contribution in [0.4, 0.5) is 27.5 Å². The highest BCUT2D eigenvalue weighted by Crippen LogP contribution is 2.23. The van der Waals surface area contributed by atoms with Gasteiger partial charge in [0.15, 0.2) is 0 Å². The third kappa shape index (κ3) is 7.10. The Hall–Kier alpha value is -4.33. The molecule has 3 N–H and O–H groups in total. The molecule has 3 aromatic rings. The largest absolute Gasteiger partial charge is 0.371 e. The first kappa shape index (κ1) is 25.8. The average Bonchev–Trinajstić information content (AvgIpc) is 2.94. The van der Waals surface area contributed by atoms with Gasteiger partial charge in [0.1, 0.15) is 6.04 Å². The molecule has 1 fully saturated rings. The zero-order valence-electron chi connectivity index (χ0n) is 21.0. The van der Waals surface area contributed by atoms with Crippen molar-refractivity contribution in [3.63, 3.8) is 0 Å². The standard InChI is InChI=1S/C29H33N5O3/c1-22(28(36)31-23-12-5-2-6-13-23)34(25-15-7-3-8-16-25)27(35)21-30-29(37)32-24-14-11-17-26(20-24)33-18-9-4-10-19-33/h2-3,5-8,11-17,20,22H,4,9-10,18-19,21H2,1H3,(H,31,36)(H2,30,32,37). The SMILES string of the molecule is CC(C(=O)Nc1ccccc1)N(C(=O)CNC(=O)Nc1cccc(N2CCCCC2)c1)c1ccccc1. The third-order valence-corrected chi connectivity index (χ3v) is 6.34. The molecular weight excluding hydrogens is 466 g/mol. The molecule has 37 heavy (non-hydrogen) atoms. The second kappa shape index (κ2) is 12.6. The molecule has 1 atom stereocenters. The Morgan fingerprint density at radius 1 is 0.811 bits per heavy atom. The quantitative estimate of drug-likeness (QED) is 0.413. The van der Waals surface area contributed by atoms with Crippen LogP contribution < -0.4 is 25.8 Å². The highest BCUT2D eigenvalue weighted by molar-refractivity contribution is 6.06. The summed E-state index contributed by atoms with van der Waals surface area (Å²) in [7, 11) is 0. The Labute approximate surface area is 217 Å². The van der Waals surface area contributed by atoms with Crippen molar-refractivity contribution in [3.05, 3.63) is 84.9 Å². The van der Waals surface area contributed by atoms with Crippen molar-refractivity contribution in [3.8, 4) is 0 Å². The fourth-order valence-corrected chi connectivity index (χ4v) is 4.41. The monoisotopic (exact) mass is 499 g/mol. The predicted molar refractivity (Wildman–Crippen MR) is 148 cm³/mol. The molecule has 0 radical (unpaired) electrons. The summed E-state index contributed by atoms with van der Waals surface area (Å²) in [6, 6.07) is 24.5. The number of nitrogens with one attached hydrogen (secondary N) is 3. The minimum absolute atomic E-state index is 0.268. The van der Waals surface area contributed by atoms with Gasteiger partial charge >= 0.3 is 6.03 Å². The van der Waals surface area contributed by atoms with E-state index in [0.717, 1.165) is 18.8 Å². The first-order chi connectivity index (χ1) is 18.0. The normalized spacial score (nSPS) is 13.8. The van der Waals surface area contributed by atoms with E-state index in [4.69, 9.17) is 0 Å². The van der Waals surface area contributed by atoms with Gasteiger partial charge in [0.05, 0.1) is 6.54 Å². The zero-order valence-corrected chi connectivity index (χ0v) is 21.0. The molecule has 1 heterocycles. The van der Waals surface area contributed by atoms with E-state index in [1.165, 1.54) is 24.2 Å². The van der Waals surface area contributed by atoms with Gasteiger partial charge < -0.3 is 20.9 Å². The second-order valence-corrected chi connectivity index (χ2v) is 9.04. The summed E-state index contributed by atoms with van der Waals surface area (Å²) in [5.41, 5.74) is 2.94. The van der Waals surface area contributed by atoms with Crippen LogP contribution >= 0.6 is 0 Å². The number of urea groups is 1. The molecule has 0 aromatic heterocycles. The van der Waals surface area contributed by atoms with Crippen LogP contribution in [0, 0.1) is 0 Å². The average molecular weight is 500 g/mol. The van der Waals surface area contributed by atoms with Gasteiger partial charge in [-0.15, -0.1) is 0 Å². The van der Waals surface area contributed by atoms with Gasteiger partial charge in [-0.05, 0) is 68.7 Å². The summed E-state index contributed by atoms with van der Waals surface area (Å²) in [5.74, 6) is -0.735. The van der Waals surface area contributed by atoms with E-state index in [1.54, 1.807) is 43.3 Å². The van der Waals surface area contributed by atoms with Crippen molar-refractivity contribution < 1.29 is 14.4 Å². The van der Waals surface area contributed by atoms with Gasteiger partial charge in [-0.1, -0.05) is 42.5 Å². The fraction of sp³-hybridized carbons (Fsp3) is 0.276. The molecule has 0 spiro atoms. The number of hydrogen-bond acceptors (Lipinski definition) is 4. The maximum atomic E-state index is 13.3. The van der Waals surface area contributed by atoms with Crippen LogP contribution in [0.25, 0.3) is 0 Å². The molecule has 8 heteroatoms. The number of piperidine rings is 1. The predicted octanol–water partition coefficient (Wildman–Crippen LogP) is 4.86. The Kier molecular flexibility index (Phi) is 8.75. The minimum Gasteiger partial charge on any atom is -0.371 e. The Balaban J connectivity index is 1.39. The lowest BCUT2D eigenvalue weighted by Gasteiger charge is -2.29. The number of nitrogens with zero attached hydrogens (tertiary/aromatic N) is 2. The van der Waals surface area contributed by atoms with Crippen molar-refractivity contribution >= 4 is 40.6 Å². The van der Waals surface area contributed by atoms with Gasteiger partial charge in [0.2, 0.25) is 11.8 Å². The van der Waals surface area contributed by atoms with Gasteiger partial charge in [0.25, 0.3) is 0 Å². The highest BCUT2D eigenvalue weighted by Gasteiger charge is 2.27. The fourth-order valence-electron chi connectivity index (χ4n) is 4.41. The van der Waals surface area contributed by atoms with Crippen LogP contribution in [-0.4, -0.2) is 43.5 Å². The van der Waals surface area contributed by atoms with Crippen LogP contribution in [0.2, 0.25) is 0 Å². The lowest BCUT2D eigenvalue weighted by Crippen LogP contribution is -2.50. The van der Waals surface area contributed by atoms with Gasteiger partial charge in [-0.2, -0.15) is 0 Å². The van der Waals surface area contributed by atoms with E-state index in [1.807, 2.05) is 48.5 Å². The second-order valence-electron chi connectivity index (χ2n) is 9.04. The summed E-state index contributed by atoms with van der Waals surface area (Å²) in [5, 5.41) is 8.29. The summed E-state index contributed by atoms with van der Waals surface area (Å²) < 4.78 is 0. The van der Waals surface area contributed by atoms with Crippen LogP contribution in [-0.2, 0) is 9.59 Å². The molecule has 0 aliphatic carbocycles. The molecular formula is C29H33N5O3. The van der Waals surface area contributed by atoms with E-state index >= 15 is 0 Å². The lowest BCUT2D eigenvalue weighted by atomic mass is 10.1.